The van der Waals surface area contributed by atoms with Crippen LogP contribution in [0.3, 0.4) is 0 Å². The lowest BCUT2D eigenvalue weighted by Gasteiger charge is -2.12. The van der Waals surface area contributed by atoms with Crippen molar-refractivity contribution in [3.63, 3.8) is 0 Å². The quantitative estimate of drug-likeness (QED) is 0.841. The van der Waals surface area contributed by atoms with Crippen molar-refractivity contribution in [3.8, 4) is 5.75 Å². The van der Waals surface area contributed by atoms with E-state index in [2.05, 4.69) is 5.32 Å². The van der Waals surface area contributed by atoms with Gasteiger partial charge in [-0.3, -0.25) is 9.59 Å². The predicted molar refractivity (Wildman–Crippen MR) is 99.0 cm³/mol. The Bertz CT molecular complexity index is 741. The van der Waals surface area contributed by atoms with Crippen LogP contribution < -0.4 is 10.1 Å². The summed E-state index contributed by atoms with van der Waals surface area (Å²) >= 11 is 0. The van der Waals surface area contributed by atoms with E-state index in [4.69, 9.17) is 4.74 Å². The molecule has 0 atom stereocenters. The monoisotopic (exact) mass is 340 g/mol. The van der Waals surface area contributed by atoms with Gasteiger partial charge >= 0.3 is 0 Å². The Morgan fingerprint density at radius 3 is 2.56 bits per heavy atom. The second-order valence-corrected chi connectivity index (χ2v) is 5.87. The maximum absolute atomic E-state index is 12.2. The van der Waals surface area contributed by atoms with Gasteiger partial charge < -0.3 is 15.0 Å². The van der Waals surface area contributed by atoms with E-state index >= 15 is 0 Å². The van der Waals surface area contributed by atoms with Crippen LogP contribution in [0.15, 0.2) is 48.5 Å². The van der Waals surface area contributed by atoms with Gasteiger partial charge in [-0.1, -0.05) is 24.3 Å². The second-order valence-electron chi connectivity index (χ2n) is 5.87. The molecule has 1 N–H and O–H groups in total. The summed E-state index contributed by atoms with van der Waals surface area (Å²) < 4.78 is 5.58. The summed E-state index contributed by atoms with van der Waals surface area (Å²) in [5.74, 6) is 0.624. The zero-order chi connectivity index (χ0) is 18.2. The molecule has 2 amide bonds. The minimum atomic E-state index is -0.0965. The van der Waals surface area contributed by atoms with Gasteiger partial charge in [-0.25, -0.2) is 0 Å². The number of rotatable bonds is 7. The van der Waals surface area contributed by atoms with E-state index < -0.39 is 0 Å². The molecule has 0 heterocycles. The molecule has 132 valence electrons. The lowest BCUT2D eigenvalue weighted by molar-refractivity contribution is -0.116. The number of carbonyl (C=O) groups excluding carboxylic acids is 2. The number of carbonyl (C=O) groups is 2. The van der Waals surface area contributed by atoms with Crippen molar-refractivity contribution in [2.24, 2.45) is 0 Å². The Hall–Kier alpha value is -2.82. The van der Waals surface area contributed by atoms with Gasteiger partial charge in [-0.05, 0) is 43.2 Å². The SMILES string of the molecule is CCOc1ccccc1CCC(=O)Nc1cccc(C(=O)N(C)C)c1. The lowest BCUT2D eigenvalue weighted by Crippen LogP contribution is -2.22. The molecule has 2 aromatic rings. The molecule has 0 aliphatic carbocycles. The zero-order valence-electron chi connectivity index (χ0n) is 14.9. The van der Waals surface area contributed by atoms with Crippen LogP contribution in [0, 0.1) is 0 Å². The molecule has 0 spiro atoms. The molecule has 2 rings (SSSR count). The summed E-state index contributed by atoms with van der Waals surface area (Å²) in [6.07, 6.45) is 0.939. The van der Waals surface area contributed by atoms with E-state index in [-0.39, 0.29) is 11.8 Å². The normalized spacial score (nSPS) is 10.2. The van der Waals surface area contributed by atoms with Gasteiger partial charge in [0.05, 0.1) is 6.61 Å². The number of hydrogen-bond donors (Lipinski definition) is 1. The molecule has 0 saturated heterocycles. The number of anilines is 1. The van der Waals surface area contributed by atoms with Crippen LogP contribution >= 0.6 is 0 Å². The fourth-order valence-electron chi connectivity index (χ4n) is 2.47. The van der Waals surface area contributed by atoms with Crippen LogP contribution in [-0.2, 0) is 11.2 Å². The van der Waals surface area contributed by atoms with E-state index in [1.807, 2.05) is 31.2 Å². The molecule has 0 saturated carbocycles. The van der Waals surface area contributed by atoms with Gasteiger partial charge in [0.25, 0.3) is 5.91 Å². The molecule has 2 aromatic carbocycles. The minimum Gasteiger partial charge on any atom is -0.494 e. The molecule has 5 heteroatoms. The fourth-order valence-corrected chi connectivity index (χ4v) is 2.47. The number of nitrogens with one attached hydrogen (secondary N) is 1. The summed E-state index contributed by atoms with van der Waals surface area (Å²) in [5.41, 5.74) is 2.18. The minimum absolute atomic E-state index is 0.0956. The highest BCUT2D eigenvalue weighted by Gasteiger charge is 2.10. The van der Waals surface area contributed by atoms with Crippen molar-refractivity contribution in [3.05, 3.63) is 59.7 Å². The molecule has 0 radical (unpaired) electrons. The number of nitrogens with zero attached hydrogens (tertiary/aromatic N) is 1. The van der Waals surface area contributed by atoms with Crippen molar-refractivity contribution in [2.75, 3.05) is 26.0 Å². The number of aryl methyl sites for hydroxylation is 1. The molecule has 0 unspecified atom stereocenters. The predicted octanol–water partition coefficient (Wildman–Crippen LogP) is 3.36. The second kappa shape index (κ2) is 8.87. The highest BCUT2D eigenvalue weighted by Crippen LogP contribution is 2.20. The van der Waals surface area contributed by atoms with Crippen molar-refractivity contribution in [1.82, 2.24) is 4.90 Å². The molecule has 25 heavy (non-hydrogen) atoms. The zero-order valence-corrected chi connectivity index (χ0v) is 14.9. The number of para-hydroxylation sites is 1. The highest BCUT2D eigenvalue weighted by atomic mass is 16.5. The molecular formula is C20H24N2O3. The average molecular weight is 340 g/mol. The van der Waals surface area contributed by atoms with E-state index in [9.17, 15) is 9.59 Å². The van der Waals surface area contributed by atoms with Crippen molar-refractivity contribution < 1.29 is 14.3 Å². The van der Waals surface area contributed by atoms with Gasteiger partial charge in [0.2, 0.25) is 5.91 Å². The van der Waals surface area contributed by atoms with Crippen LogP contribution in [-0.4, -0.2) is 37.4 Å². The van der Waals surface area contributed by atoms with Crippen molar-refractivity contribution in [1.29, 1.82) is 0 Å². The standard InChI is InChI=1S/C20H24N2O3/c1-4-25-18-11-6-5-8-15(18)12-13-19(23)21-17-10-7-9-16(14-17)20(24)22(2)3/h5-11,14H,4,12-13H2,1-3H3,(H,21,23). The lowest BCUT2D eigenvalue weighted by atomic mass is 10.1. The third kappa shape index (κ3) is 5.35. The first-order chi connectivity index (χ1) is 12.0. The fraction of sp³-hybridized carbons (Fsp3) is 0.300. The van der Waals surface area contributed by atoms with E-state index in [1.54, 1.807) is 38.4 Å². The number of benzene rings is 2. The van der Waals surface area contributed by atoms with Crippen LogP contribution in [0.2, 0.25) is 0 Å². The maximum Gasteiger partial charge on any atom is 0.253 e. The Balaban J connectivity index is 1.97. The summed E-state index contributed by atoms with van der Waals surface area (Å²) in [7, 11) is 3.40. The Morgan fingerprint density at radius 2 is 1.84 bits per heavy atom. The first kappa shape index (κ1) is 18.5. The highest BCUT2D eigenvalue weighted by molar-refractivity contribution is 5.97. The van der Waals surface area contributed by atoms with Gasteiger partial charge in [0.1, 0.15) is 5.75 Å². The van der Waals surface area contributed by atoms with E-state index in [0.29, 0.717) is 30.7 Å². The number of ether oxygens (including phenoxy) is 1. The van der Waals surface area contributed by atoms with Crippen LogP contribution in [0.25, 0.3) is 0 Å². The summed E-state index contributed by atoms with van der Waals surface area (Å²) in [6, 6.07) is 14.7. The third-order valence-electron chi connectivity index (χ3n) is 3.69. The Labute approximate surface area is 148 Å². The molecule has 0 bridgehead atoms. The van der Waals surface area contributed by atoms with Crippen LogP contribution in [0.1, 0.15) is 29.3 Å². The van der Waals surface area contributed by atoms with Gasteiger partial charge in [0.15, 0.2) is 0 Å². The first-order valence-electron chi connectivity index (χ1n) is 8.33. The van der Waals surface area contributed by atoms with Crippen LogP contribution in [0.4, 0.5) is 5.69 Å². The topological polar surface area (TPSA) is 58.6 Å². The summed E-state index contributed by atoms with van der Waals surface area (Å²) in [6.45, 7) is 2.53. The largest absolute Gasteiger partial charge is 0.494 e. The van der Waals surface area contributed by atoms with Gasteiger partial charge in [-0.15, -0.1) is 0 Å². The average Bonchev–Trinajstić information content (AvgIpc) is 2.60. The summed E-state index contributed by atoms with van der Waals surface area (Å²) in [5, 5.41) is 2.85. The molecule has 0 fully saturated rings. The maximum atomic E-state index is 12.2. The third-order valence-corrected chi connectivity index (χ3v) is 3.69. The number of amides is 2. The van der Waals surface area contributed by atoms with E-state index in [0.717, 1.165) is 11.3 Å². The molecular weight excluding hydrogens is 316 g/mol. The molecule has 5 nitrogen and oxygen atoms in total. The van der Waals surface area contributed by atoms with Crippen molar-refractivity contribution in [2.45, 2.75) is 19.8 Å². The molecule has 0 aliphatic heterocycles. The van der Waals surface area contributed by atoms with Gasteiger partial charge in [-0.2, -0.15) is 0 Å². The van der Waals surface area contributed by atoms with Crippen LogP contribution in [0.5, 0.6) is 5.75 Å². The van der Waals surface area contributed by atoms with Crippen molar-refractivity contribution >= 4 is 17.5 Å². The summed E-state index contributed by atoms with van der Waals surface area (Å²) in [4.78, 5) is 25.7. The smallest absolute Gasteiger partial charge is 0.253 e. The first-order valence-corrected chi connectivity index (χ1v) is 8.33. The number of hydrogen-bond acceptors (Lipinski definition) is 3. The molecule has 0 aromatic heterocycles. The van der Waals surface area contributed by atoms with Gasteiger partial charge in [0, 0.05) is 31.8 Å². The molecule has 0 aliphatic rings. The van der Waals surface area contributed by atoms with E-state index in [1.165, 1.54) is 4.90 Å². The Morgan fingerprint density at radius 1 is 1.08 bits per heavy atom. The Kier molecular flexibility index (Phi) is 6.57.